The van der Waals surface area contributed by atoms with E-state index in [1.165, 1.54) is 12.8 Å². The van der Waals surface area contributed by atoms with Crippen LogP contribution < -0.4 is 15.2 Å². The SMILES string of the molecule is CCC1C(=O)N(C)c2cnc(N/N=C/c3ccccc3C#N)nc2N1C1CCCC1. The van der Waals surface area contributed by atoms with Crippen LogP contribution in [0.25, 0.3) is 0 Å². The van der Waals surface area contributed by atoms with Crippen LogP contribution in [0.4, 0.5) is 17.5 Å². The summed E-state index contributed by atoms with van der Waals surface area (Å²) in [7, 11) is 1.78. The predicted molar refractivity (Wildman–Crippen MR) is 117 cm³/mol. The summed E-state index contributed by atoms with van der Waals surface area (Å²) in [6.45, 7) is 2.04. The number of aromatic nitrogens is 2. The van der Waals surface area contributed by atoms with Crippen molar-refractivity contribution in [2.45, 2.75) is 51.1 Å². The highest BCUT2D eigenvalue weighted by Crippen LogP contribution is 2.39. The van der Waals surface area contributed by atoms with E-state index in [1.807, 2.05) is 25.1 Å². The van der Waals surface area contributed by atoms with Gasteiger partial charge in [0.2, 0.25) is 11.9 Å². The Morgan fingerprint density at radius 3 is 2.83 bits per heavy atom. The van der Waals surface area contributed by atoms with E-state index >= 15 is 0 Å². The summed E-state index contributed by atoms with van der Waals surface area (Å²) in [5, 5.41) is 13.4. The van der Waals surface area contributed by atoms with Crippen LogP contribution in [0.3, 0.4) is 0 Å². The predicted octanol–water partition coefficient (Wildman–Crippen LogP) is 3.30. The number of carbonyl (C=O) groups is 1. The molecule has 1 atom stereocenters. The highest BCUT2D eigenvalue weighted by atomic mass is 16.2. The molecule has 1 aliphatic heterocycles. The summed E-state index contributed by atoms with van der Waals surface area (Å²) in [5.41, 5.74) is 4.86. The summed E-state index contributed by atoms with van der Waals surface area (Å²) in [6, 6.07) is 9.50. The number of benzene rings is 1. The summed E-state index contributed by atoms with van der Waals surface area (Å²) in [6.07, 6.45) is 8.49. The van der Waals surface area contributed by atoms with E-state index in [9.17, 15) is 10.1 Å². The van der Waals surface area contributed by atoms with Gasteiger partial charge in [-0.25, -0.2) is 10.4 Å². The first-order valence-corrected chi connectivity index (χ1v) is 10.3. The van der Waals surface area contributed by atoms with Crippen LogP contribution in [0.15, 0.2) is 35.6 Å². The number of hydrogen-bond donors (Lipinski definition) is 1. The molecule has 0 radical (unpaired) electrons. The fraction of sp³-hybridized carbons (Fsp3) is 0.409. The Morgan fingerprint density at radius 2 is 2.10 bits per heavy atom. The Kier molecular flexibility index (Phi) is 5.61. The molecule has 30 heavy (non-hydrogen) atoms. The molecule has 154 valence electrons. The Bertz CT molecular complexity index is 1010. The number of hydrogen-bond acceptors (Lipinski definition) is 7. The zero-order valence-corrected chi connectivity index (χ0v) is 17.2. The van der Waals surface area contributed by atoms with E-state index in [0.717, 1.165) is 36.3 Å². The van der Waals surface area contributed by atoms with Crippen LogP contribution in [0.2, 0.25) is 0 Å². The molecule has 0 saturated heterocycles. The van der Waals surface area contributed by atoms with Gasteiger partial charge in [-0.3, -0.25) is 4.79 Å². The summed E-state index contributed by atoms with van der Waals surface area (Å²) >= 11 is 0. The van der Waals surface area contributed by atoms with Gasteiger partial charge in [-0.15, -0.1) is 0 Å². The number of carbonyl (C=O) groups excluding carboxylic acids is 1. The highest BCUT2D eigenvalue weighted by Gasteiger charge is 2.41. The molecule has 1 N–H and O–H groups in total. The van der Waals surface area contributed by atoms with E-state index in [4.69, 9.17) is 4.98 Å². The normalized spacial score (nSPS) is 19.2. The van der Waals surface area contributed by atoms with Crippen LogP contribution in [0.1, 0.15) is 50.2 Å². The third kappa shape index (κ3) is 3.59. The summed E-state index contributed by atoms with van der Waals surface area (Å²) in [5.74, 6) is 1.23. The molecular weight excluding hydrogens is 378 g/mol. The zero-order valence-electron chi connectivity index (χ0n) is 17.2. The largest absolute Gasteiger partial charge is 0.340 e. The van der Waals surface area contributed by atoms with Gasteiger partial charge >= 0.3 is 0 Å². The first-order valence-electron chi connectivity index (χ1n) is 10.3. The van der Waals surface area contributed by atoms with E-state index in [2.05, 4.69) is 26.5 Å². The number of amides is 1. The van der Waals surface area contributed by atoms with E-state index in [1.54, 1.807) is 30.4 Å². The van der Waals surface area contributed by atoms with Crippen LogP contribution in [0, 0.1) is 11.3 Å². The topological polar surface area (TPSA) is 97.5 Å². The molecule has 2 aliphatic rings. The number of anilines is 3. The van der Waals surface area contributed by atoms with Crippen LogP contribution >= 0.6 is 0 Å². The lowest BCUT2D eigenvalue weighted by Gasteiger charge is -2.43. The number of fused-ring (bicyclic) bond motifs is 1. The van der Waals surface area contributed by atoms with E-state index in [0.29, 0.717) is 17.6 Å². The van der Waals surface area contributed by atoms with Crippen LogP contribution in [-0.4, -0.2) is 41.2 Å². The van der Waals surface area contributed by atoms with Crippen LogP contribution in [-0.2, 0) is 4.79 Å². The molecule has 1 aliphatic carbocycles. The first-order chi connectivity index (χ1) is 14.6. The molecule has 8 nitrogen and oxygen atoms in total. The maximum absolute atomic E-state index is 12.9. The van der Waals surface area contributed by atoms with Crippen molar-refractivity contribution in [1.29, 1.82) is 5.26 Å². The van der Waals surface area contributed by atoms with Gasteiger partial charge in [-0.2, -0.15) is 15.3 Å². The maximum atomic E-state index is 12.9. The second kappa shape index (κ2) is 8.49. The van der Waals surface area contributed by atoms with Gasteiger partial charge in [0, 0.05) is 18.7 Å². The molecule has 1 fully saturated rings. The second-order valence-corrected chi connectivity index (χ2v) is 7.64. The van der Waals surface area contributed by atoms with Crippen molar-refractivity contribution in [2.24, 2.45) is 5.10 Å². The Hall–Kier alpha value is -3.47. The standard InChI is InChI=1S/C22H25N7O/c1-3-18-21(30)28(2)19-14-24-22(26-20(19)29(18)17-10-6-7-11-17)27-25-13-16-9-5-4-8-15(16)12-23/h4-5,8-9,13-14,17-18H,3,6-7,10-11H2,1-2H3,(H,24,26,27)/b25-13+. The lowest BCUT2D eigenvalue weighted by molar-refractivity contribution is -0.120. The number of nitrogens with one attached hydrogen (secondary N) is 1. The van der Waals surface area contributed by atoms with Crippen LogP contribution in [0.5, 0.6) is 0 Å². The minimum Gasteiger partial charge on any atom is -0.340 e. The van der Waals surface area contributed by atoms with Gasteiger partial charge in [-0.05, 0) is 25.3 Å². The van der Waals surface area contributed by atoms with E-state index < -0.39 is 0 Å². The Balaban J connectivity index is 1.64. The Morgan fingerprint density at radius 1 is 1.33 bits per heavy atom. The third-order valence-electron chi connectivity index (χ3n) is 5.86. The van der Waals surface area contributed by atoms with Crippen molar-refractivity contribution in [2.75, 3.05) is 22.3 Å². The van der Waals surface area contributed by atoms with Crippen molar-refractivity contribution in [3.63, 3.8) is 0 Å². The minimum absolute atomic E-state index is 0.0901. The monoisotopic (exact) mass is 403 g/mol. The van der Waals surface area contributed by atoms with Crippen molar-refractivity contribution in [3.8, 4) is 6.07 Å². The third-order valence-corrected chi connectivity index (χ3v) is 5.86. The average Bonchev–Trinajstić information content (AvgIpc) is 3.30. The Labute approximate surface area is 176 Å². The van der Waals surface area contributed by atoms with Gasteiger partial charge in [0.25, 0.3) is 0 Å². The number of nitrogens with zero attached hydrogens (tertiary/aromatic N) is 6. The number of hydrazone groups is 1. The van der Waals surface area contributed by atoms with Gasteiger partial charge in [-0.1, -0.05) is 38.0 Å². The summed E-state index contributed by atoms with van der Waals surface area (Å²) < 4.78 is 0. The molecule has 2 heterocycles. The number of likely N-dealkylation sites (N-methyl/N-ethyl adjacent to an activating group) is 1. The molecule has 1 aromatic heterocycles. The zero-order chi connectivity index (χ0) is 21.1. The molecular formula is C22H25N7O. The fourth-order valence-electron chi connectivity index (χ4n) is 4.31. The molecule has 2 aromatic rings. The number of nitriles is 1. The minimum atomic E-state index is -0.209. The maximum Gasteiger partial charge on any atom is 0.249 e. The van der Waals surface area contributed by atoms with Crippen molar-refractivity contribution < 1.29 is 4.79 Å². The molecule has 0 bridgehead atoms. The van der Waals surface area contributed by atoms with E-state index in [-0.39, 0.29) is 11.9 Å². The van der Waals surface area contributed by atoms with Crippen molar-refractivity contribution >= 4 is 29.6 Å². The molecule has 4 rings (SSSR count). The van der Waals surface area contributed by atoms with Gasteiger partial charge in [0.05, 0.1) is 24.0 Å². The van der Waals surface area contributed by atoms with Gasteiger partial charge in [0.15, 0.2) is 5.82 Å². The quantitative estimate of drug-likeness (QED) is 0.608. The molecule has 1 unspecified atom stereocenters. The van der Waals surface area contributed by atoms with Crippen molar-refractivity contribution in [1.82, 2.24) is 9.97 Å². The fourth-order valence-corrected chi connectivity index (χ4v) is 4.31. The molecule has 0 spiro atoms. The van der Waals surface area contributed by atoms with Gasteiger partial charge in [0.1, 0.15) is 11.7 Å². The number of rotatable bonds is 5. The van der Waals surface area contributed by atoms with Gasteiger partial charge < -0.3 is 9.80 Å². The summed E-state index contributed by atoms with van der Waals surface area (Å²) in [4.78, 5) is 25.9. The molecule has 1 saturated carbocycles. The molecule has 1 amide bonds. The van der Waals surface area contributed by atoms with Crippen molar-refractivity contribution in [3.05, 3.63) is 41.6 Å². The highest BCUT2D eigenvalue weighted by molar-refractivity contribution is 6.04. The second-order valence-electron chi connectivity index (χ2n) is 7.64. The average molecular weight is 403 g/mol. The lowest BCUT2D eigenvalue weighted by atomic mass is 10.0. The molecule has 8 heteroatoms. The lowest BCUT2D eigenvalue weighted by Crippen LogP contribution is -2.55. The first kappa shape index (κ1) is 19.8. The smallest absolute Gasteiger partial charge is 0.249 e. The molecule has 1 aromatic carbocycles.